The van der Waals surface area contributed by atoms with Crippen LogP contribution in [0.1, 0.15) is 51.2 Å². The molecule has 0 aliphatic carbocycles. The van der Waals surface area contributed by atoms with E-state index in [1.807, 2.05) is 0 Å². The maximum Gasteiger partial charge on any atom is 0.191 e. The van der Waals surface area contributed by atoms with Gasteiger partial charge in [0.05, 0.1) is 17.2 Å². The van der Waals surface area contributed by atoms with Crippen molar-refractivity contribution in [2.24, 2.45) is 10.9 Å². The van der Waals surface area contributed by atoms with Gasteiger partial charge in [-0.25, -0.2) is 4.98 Å². The predicted octanol–water partition coefficient (Wildman–Crippen LogP) is 3.68. The number of nitrogens with zero attached hydrogens (tertiary/aromatic N) is 3. The normalized spacial score (nSPS) is 19.1. The molecule has 1 aliphatic rings. The van der Waals surface area contributed by atoms with Gasteiger partial charge in [0.2, 0.25) is 0 Å². The lowest BCUT2D eigenvalue weighted by molar-refractivity contribution is 0.0774. The van der Waals surface area contributed by atoms with Gasteiger partial charge in [-0.1, -0.05) is 6.92 Å². The van der Waals surface area contributed by atoms with Gasteiger partial charge >= 0.3 is 0 Å². The third kappa shape index (κ3) is 7.68. The van der Waals surface area contributed by atoms with Crippen molar-refractivity contribution in [1.82, 2.24) is 20.5 Å². The molecular formula is C19H36IN5S. The van der Waals surface area contributed by atoms with Crippen molar-refractivity contribution in [2.75, 3.05) is 32.7 Å². The van der Waals surface area contributed by atoms with Crippen LogP contribution in [-0.2, 0) is 6.42 Å². The van der Waals surface area contributed by atoms with E-state index in [2.05, 4.69) is 60.5 Å². The zero-order valence-corrected chi connectivity index (χ0v) is 20.1. The molecule has 1 aromatic heterocycles. The molecule has 7 heteroatoms. The van der Waals surface area contributed by atoms with E-state index >= 15 is 0 Å². The Morgan fingerprint density at radius 1 is 1.42 bits per heavy atom. The first-order valence-corrected chi connectivity index (χ1v) is 10.5. The van der Waals surface area contributed by atoms with Crippen molar-refractivity contribution in [3.63, 3.8) is 0 Å². The topological polar surface area (TPSA) is 52.6 Å². The van der Waals surface area contributed by atoms with E-state index in [9.17, 15) is 0 Å². The summed E-state index contributed by atoms with van der Waals surface area (Å²) in [5.41, 5.74) is 1.26. The fraction of sp³-hybridized carbons (Fsp3) is 0.789. The molecular weight excluding hydrogens is 457 g/mol. The van der Waals surface area contributed by atoms with E-state index in [0.29, 0.717) is 0 Å². The second-order valence-corrected chi connectivity index (χ2v) is 8.80. The van der Waals surface area contributed by atoms with E-state index in [1.165, 1.54) is 25.9 Å². The van der Waals surface area contributed by atoms with Crippen LogP contribution in [0.5, 0.6) is 0 Å². The zero-order chi connectivity index (χ0) is 18.3. The van der Waals surface area contributed by atoms with E-state index in [0.717, 1.165) is 48.6 Å². The molecule has 0 saturated carbocycles. The minimum atomic E-state index is 0. The molecule has 26 heavy (non-hydrogen) atoms. The van der Waals surface area contributed by atoms with Crippen LogP contribution in [0.25, 0.3) is 0 Å². The molecule has 0 spiro atoms. The van der Waals surface area contributed by atoms with Crippen molar-refractivity contribution in [1.29, 1.82) is 0 Å². The maximum atomic E-state index is 4.86. The van der Waals surface area contributed by atoms with Crippen LogP contribution >= 0.6 is 35.3 Å². The van der Waals surface area contributed by atoms with Crippen LogP contribution in [0.15, 0.2) is 10.4 Å². The van der Waals surface area contributed by atoms with Crippen LogP contribution in [0.2, 0.25) is 0 Å². The Morgan fingerprint density at radius 3 is 2.81 bits per heavy atom. The summed E-state index contributed by atoms with van der Waals surface area (Å²) in [6.07, 6.45) is 3.59. The largest absolute Gasteiger partial charge is 0.357 e. The first-order valence-electron chi connectivity index (χ1n) is 9.59. The van der Waals surface area contributed by atoms with Crippen molar-refractivity contribution < 1.29 is 0 Å². The highest BCUT2D eigenvalue weighted by Gasteiger charge is 2.29. The van der Waals surface area contributed by atoms with Gasteiger partial charge in [0, 0.05) is 37.0 Å². The van der Waals surface area contributed by atoms with Gasteiger partial charge in [-0.3, -0.25) is 9.89 Å². The Labute approximate surface area is 180 Å². The molecule has 1 aliphatic heterocycles. The number of halogens is 1. The SMILES string of the molecule is CCNC(=NCC(C)(C)N1CCCC(C)C1)NCCc1csc(C)n1.I. The first-order chi connectivity index (χ1) is 11.9. The predicted molar refractivity (Wildman–Crippen MR) is 124 cm³/mol. The van der Waals surface area contributed by atoms with Crippen LogP contribution in [0, 0.1) is 12.8 Å². The number of nitrogens with one attached hydrogen (secondary N) is 2. The van der Waals surface area contributed by atoms with Gasteiger partial charge < -0.3 is 10.6 Å². The van der Waals surface area contributed by atoms with Gasteiger partial charge in [-0.05, 0) is 53.0 Å². The number of aliphatic imine (C=N–C) groups is 1. The number of guanidine groups is 1. The maximum absolute atomic E-state index is 4.86. The molecule has 2 heterocycles. The van der Waals surface area contributed by atoms with E-state index < -0.39 is 0 Å². The Kier molecular flexibility index (Phi) is 10.4. The van der Waals surface area contributed by atoms with Crippen LogP contribution in [-0.4, -0.2) is 54.1 Å². The highest BCUT2D eigenvalue weighted by atomic mass is 127. The van der Waals surface area contributed by atoms with Crippen molar-refractivity contribution in [2.45, 2.75) is 59.4 Å². The quantitative estimate of drug-likeness (QED) is 0.346. The number of hydrogen-bond donors (Lipinski definition) is 2. The molecule has 0 bridgehead atoms. The van der Waals surface area contributed by atoms with Gasteiger partial charge in [-0.15, -0.1) is 35.3 Å². The molecule has 1 saturated heterocycles. The number of aryl methyl sites for hydroxylation is 1. The molecule has 1 aromatic rings. The number of piperidine rings is 1. The van der Waals surface area contributed by atoms with Crippen molar-refractivity contribution in [3.8, 4) is 0 Å². The number of likely N-dealkylation sites (tertiary alicyclic amines) is 1. The summed E-state index contributed by atoms with van der Waals surface area (Å²) in [7, 11) is 0. The molecule has 1 fully saturated rings. The standard InChI is InChI=1S/C19H35N5S.HI/c1-6-20-18(21-10-9-17-13-25-16(3)23-17)22-14-19(4,5)24-11-7-8-15(2)12-24;/h13,15H,6-12,14H2,1-5H3,(H2,20,21,22);1H. The molecule has 5 nitrogen and oxygen atoms in total. The highest BCUT2D eigenvalue weighted by Crippen LogP contribution is 2.24. The van der Waals surface area contributed by atoms with Gasteiger partial charge in [0.15, 0.2) is 5.96 Å². The molecule has 2 N–H and O–H groups in total. The monoisotopic (exact) mass is 493 g/mol. The van der Waals surface area contributed by atoms with Crippen LogP contribution in [0.4, 0.5) is 0 Å². The molecule has 2 rings (SSSR count). The summed E-state index contributed by atoms with van der Waals surface area (Å²) >= 11 is 1.71. The minimum Gasteiger partial charge on any atom is -0.357 e. The lowest BCUT2D eigenvalue weighted by Crippen LogP contribution is -2.51. The number of hydrogen-bond acceptors (Lipinski definition) is 4. The lowest BCUT2D eigenvalue weighted by Gasteiger charge is -2.42. The zero-order valence-electron chi connectivity index (χ0n) is 17.0. The van der Waals surface area contributed by atoms with Gasteiger partial charge in [0.25, 0.3) is 0 Å². The van der Waals surface area contributed by atoms with Crippen LogP contribution in [0.3, 0.4) is 0 Å². The van der Waals surface area contributed by atoms with Gasteiger partial charge in [-0.2, -0.15) is 0 Å². The Balaban J connectivity index is 0.00000338. The molecule has 1 unspecified atom stereocenters. The number of thiazole rings is 1. The average Bonchev–Trinajstić information content (AvgIpc) is 2.98. The molecule has 0 amide bonds. The molecule has 150 valence electrons. The lowest BCUT2D eigenvalue weighted by atomic mass is 9.94. The van der Waals surface area contributed by atoms with Gasteiger partial charge in [0.1, 0.15) is 0 Å². The summed E-state index contributed by atoms with van der Waals surface area (Å²) in [6.45, 7) is 16.1. The number of aromatic nitrogens is 1. The Hall–Kier alpha value is -0.410. The summed E-state index contributed by atoms with van der Waals surface area (Å²) in [5, 5.41) is 10.1. The second-order valence-electron chi connectivity index (χ2n) is 7.74. The number of rotatable bonds is 7. The van der Waals surface area contributed by atoms with E-state index in [-0.39, 0.29) is 29.5 Å². The van der Waals surface area contributed by atoms with E-state index in [4.69, 9.17) is 4.99 Å². The summed E-state index contributed by atoms with van der Waals surface area (Å²) < 4.78 is 0. The van der Waals surface area contributed by atoms with Crippen molar-refractivity contribution in [3.05, 3.63) is 16.1 Å². The third-order valence-corrected chi connectivity index (χ3v) is 5.64. The fourth-order valence-electron chi connectivity index (χ4n) is 3.29. The fourth-order valence-corrected chi connectivity index (χ4v) is 3.93. The molecule has 0 radical (unpaired) electrons. The summed E-state index contributed by atoms with van der Waals surface area (Å²) in [6, 6.07) is 0. The van der Waals surface area contributed by atoms with Crippen LogP contribution < -0.4 is 10.6 Å². The smallest absolute Gasteiger partial charge is 0.191 e. The average molecular weight is 494 g/mol. The van der Waals surface area contributed by atoms with E-state index in [1.54, 1.807) is 11.3 Å². The third-order valence-electron chi connectivity index (χ3n) is 4.82. The highest BCUT2D eigenvalue weighted by molar-refractivity contribution is 14.0. The van der Waals surface area contributed by atoms with Crippen molar-refractivity contribution >= 4 is 41.3 Å². The molecule has 0 aromatic carbocycles. The Morgan fingerprint density at radius 2 is 2.19 bits per heavy atom. The second kappa shape index (κ2) is 11.4. The summed E-state index contributed by atoms with van der Waals surface area (Å²) in [5.74, 6) is 1.71. The minimum absolute atomic E-state index is 0. The first kappa shape index (κ1) is 23.6. The Bertz CT molecular complexity index is 558. The summed E-state index contributed by atoms with van der Waals surface area (Å²) in [4.78, 5) is 12.0. The molecule has 1 atom stereocenters.